The molecule has 0 bridgehead atoms. The molecule has 0 aliphatic rings. The molecule has 2 rings (SSSR count). The molecule has 0 saturated carbocycles. The Kier molecular flexibility index (Phi) is 4.29. The molecule has 0 amide bonds. The Balaban J connectivity index is 2.33. The van der Waals surface area contributed by atoms with E-state index in [9.17, 15) is 8.42 Å². The van der Waals surface area contributed by atoms with Crippen LogP contribution in [-0.2, 0) is 16.6 Å². The number of pyridine rings is 1. The van der Waals surface area contributed by atoms with Crippen LogP contribution in [0.5, 0.6) is 0 Å². The third kappa shape index (κ3) is 3.22. The first kappa shape index (κ1) is 15.5. The van der Waals surface area contributed by atoms with E-state index in [1.54, 1.807) is 31.6 Å². The predicted octanol–water partition coefficient (Wildman–Crippen LogP) is 2.10. The molecule has 1 heterocycles. The number of nitrogen functional groups attached to an aromatic ring is 1. The number of anilines is 1. The van der Waals surface area contributed by atoms with E-state index in [0.717, 1.165) is 16.7 Å². The summed E-state index contributed by atoms with van der Waals surface area (Å²) in [5, 5.41) is 0. The molecule has 0 spiro atoms. The first-order valence-corrected chi connectivity index (χ1v) is 7.98. The second-order valence-corrected chi connectivity index (χ2v) is 7.12. The van der Waals surface area contributed by atoms with Crippen LogP contribution in [0, 0.1) is 13.8 Å². The summed E-state index contributed by atoms with van der Waals surface area (Å²) in [5.74, 6) is 0. The van der Waals surface area contributed by atoms with Gasteiger partial charge in [0.25, 0.3) is 0 Å². The van der Waals surface area contributed by atoms with Crippen molar-refractivity contribution in [3.05, 3.63) is 53.3 Å². The molecule has 2 N–H and O–H groups in total. The smallest absolute Gasteiger partial charge is 0.243 e. The van der Waals surface area contributed by atoms with Gasteiger partial charge < -0.3 is 5.73 Å². The molecule has 6 heteroatoms. The second-order valence-electron chi connectivity index (χ2n) is 5.08. The minimum absolute atomic E-state index is 0.217. The highest BCUT2D eigenvalue weighted by molar-refractivity contribution is 7.89. The van der Waals surface area contributed by atoms with E-state index in [0.29, 0.717) is 5.69 Å². The van der Waals surface area contributed by atoms with Crippen molar-refractivity contribution in [2.75, 3.05) is 12.8 Å². The predicted molar refractivity (Wildman–Crippen MR) is 83.2 cm³/mol. The van der Waals surface area contributed by atoms with Gasteiger partial charge in [-0.25, -0.2) is 8.42 Å². The first-order chi connectivity index (χ1) is 9.82. The Labute approximate surface area is 125 Å². The van der Waals surface area contributed by atoms with Gasteiger partial charge >= 0.3 is 0 Å². The third-order valence-electron chi connectivity index (χ3n) is 3.52. The molecule has 0 atom stereocenters. The summed E-state index contributed by atoms with van der Waals surface area (Å²) in [6, 6.07) is 6.79. The zero-order chi connectivity index (χ0) is 15.6. The van der Waals surface area contributed by atoms with Crippen LogP contribution in [0.3, 0.4) is 0 Å². The molecule has 0 radical (unpaired) electrons. The van der Waals surface area contributed by atoms with E-state index < -0.39 is 10.0 Å². The molecule has 2 aromatic rings. The fourth-order valence-corrected chi connectivity index (χ4v) is 3.30. The summed E-state index contributed by atoms with van der Waals surface area (Å²) in [4.78, 5) is 4.21. The van der Waals surface area contributed by atoms with E-state index in [1.807, 2.05) is 19.9 Å². The number of nitrogens with zero attached hydrogens (tertiary/aromatic N) is 2. The highest BCUT2D eigenvalue weighted by Crippen LogP contribution is 2.24. The number of hydrogen-bond acceptors (Lipinski definition) is 4. The van der Waals surface area contributed by atoms with E-state index in [4.69, 9.17) is 5.73 Å². The van der Waals surface area contributed by atoms with Crippen molar-refractivity contribution in [1.29, 1.82) is 0 Å². The minimum atomic E-state index is -3.57. The van der Waals surface area contributed by atoms with Gasteiger partial charge in [0.2, 0.25) is 10.0 Å². The molecule has 21 heavy (non-hydrogen) atoms. The molecular weight excluding hydrogens is 286 g/mol. The maximum Gasteiger partial charge on any atom is 0.243 e. The minimum Gasteiger partial charge on any atom is -0.398 e. The lowest BCUT2D eigenvalue weighted by molar-refractivity contribution is 0.466. The van der Waals surface area contributed by atoms with Crippen LogP contribution in [0.2, 0.25) is 0 Å². The number of nitrogens with two attached hydrogens (primary N) is 1. The fraction of sp³-hybridized carbons (Fsp3) is 0.267. The van der Waals surface area contributed by atoms with Gasteiger partial charge in [-0.1, -0.05) is 6.07 Å². The number of benzene rings is 1. The number of aromatic nitrogens is 1. The Bertz CT molecular complexity index is 720. The fourth-order valence-electron chi connectivity index (χ4n) is 2.02. The molecule has 0 fully saturated rings. The Morgan fingerprint density at radius 1 is 1.29 bits per heavy atom. The highest BCUT2D eigenvalue weighted by Gasteiger charge is 2.22. The summed E-state index contributed by atoms with van der Waals surface area (Å²) in [5.41, 5.74) is 8.97. The van der Waals surface area contributed by atoms with E-state index in [-0.39, 0.29) is 11.4 Å². The maximum atomic E-state index is 12.6. The van der Waals surface area contributed by atoms with Crippen molar-refractivity contribution < 1.29 is 8.42 Å². The van der Waals surface area contributed by atoms with Crippen LogP contribution in [0.15, 0.2) is 41.6 Å². The Hall–Kier alpha value is -1.92. The van der Waals surface area contributed by atoms with E-state index in [1.165, 1.54) is 10.4 Å². The van der Waals surface area contributed by atoms with Crippen LogP contribution in [-0.4, -0.2) is 24.8 Å². The summed E-state index contributed by atoms with van der Waals surface area (Å²) in [7, 11) is -2.02. The molecule has 0 unspecified atom stereocenters. The largest absolute Gasteiger partial charge is 0.398 e. The van der Waals surface area contributed by atoms with Crippen molar-refractivity contribution in [1.82, 2.24) is 9.29 Å². The average molecular weight is 305 g/mol. The number of hydrogen-bond donors (Lipinski definition) is 1. The molecule has 0 aliphatic heterocycles. The molecular formula is C15H19N3O2S. The molecule has 5 nitrogen and oxygen atoms in total. The lowest BCUT2D eigenvalue weighted by Crippen LogP contribution is -2.26. The maximum absolute atomic E-state index is 12.6. The van der Waals surface area contributed by atoms with Crippen molar-refractivity contribution >= 4 is 15.7 Å². The van der Waals surface area contributed by atoms with Gasteiger partial charge in [-0.05, 0) is 48.7 Å². The lowest BCUT2D eigenvalue weighted by atomic mass is 10.1. The topological polar surface area (TPSA) is 76.3 Å². The second kappa shape index (κ2) is 5.83. The average Bonchev–Trinajstić information content (AvgIpc) is 2.45. The van der Waals surface area contributed by atoms with Crippen molar-refractivity contribution in [2.45, 2.75) is 25.3 Å². The van der Waals surface area contributed by atoms with Gasteiger partial charge in [0, 0.05) is 31.7 Å². The van der Waals surface area contributed by atoms with E-state index >= 15 is 0 Å². The standard InChI is InChI=1S/C15H19N3O2S/c1-11-7-14(8-15(16)12(11)2)21(19,20)18(3)10-13-5-4-6-17-9-13/h4-9H,10,16H2,1-3H3. The molecule has 1 aromatic heterocycles. The van der Waals surface area contributed by atoms with Gasteiger partial charge in [-0.15, -0.1) is 0 Å². The van der Waals surface area contributed by atoms with Crippen molar-refractivity contribution in [3.63, 3.8) is 0 Å². The molecule has 112 valence electrons. The van der Waals surface area contributed by atoms with Crippen LogP contribution in [0.4, 0.5) is 5.69 Å². The Morgan fingerprint density at radius 3 is 2.57 bits per heavy atom. The lowest BCUT2D eigenvalue weighted by Gasteiger charge is -2.18. The molecule has 1 aromatic carbocycles. The van der Waals surface area contributed by atoms with Gasteiger partial charge in [0.15, 0.2) is 0 Å². The van der Waals surface area contributed by atoms with Gasteiger partial charge in [0.05, 0.1) is 4.90 Å². The first-order valence-electron chi connectivity index (χ1n) is 6.54. The van der Waals surface area contributed by atoms with Gasteiger partial charge in [0.1, 0.15) is 0 Å². The summed E-state index contributed by atoms with van der Waals surface area (Å²) in [6.45, 7) is 4.00. The van der Waals surface area contributed by atoms with Crippen molar-refractivity contribution in [2.24, 2.45) is 0 Å². The van der Waals surface area contributed by atoms with Crippen molar-refractivity contribution in [3.8, 4) is 0 Å². The SMILES string of the molecule is Cc1cc(S(=O)(=O)N(C)Cc2cccnc2)cc(N)c1C. The highest BCUT2D eigenvalue weighted by atomic mass is 32.2. The summed E-state index contributed by atoms with van der Waals surface area (Å²) >= 11 is 0. The summed E-state index contributed by atoms with van der Waals surface area (Å²) < 4.78 is 26.5. The number of sulfonamides is 1. The number of aryl methyl sites for hydroxylation is 1. The monoisotopic (exact) mass is 305 g/mol. The van der Waals surface area contributed by atoms with Gasteiger partial charge in [-0.3, -0.25) is 4.98 Å². The van der Waals surface area contributed by atoms with E-state index in [2.05, 4.69) is 4.98 Å². The molecule has 0 aliphatic carbocycles. The molecule has 0 saturated heterocycles. The van der Waals surface area contributed by atoms with Crippen LogP contribution < -0.4 is 5.73 Å². The summed E-state index contributed by atoms with van der Waals surface area (Å²) in [6.07, 6.45) is 3.31. The van der Waals surface area contributed by atoms with Crippen LogP contribution in [0.1, 0.15) is 16.7 Å². The Morgan fingerprint density at radius 2 is 2.00 bits per heavy atom. The quantitative estimate of drug-likeness (QED) is 0.878. The van der Waals surface area contributed by atoms with Gasteiger partial charge in [-0.2, -0.15) is 4.31 Å². The van der Waals surface area contributed by atoms with Crippen LogP contribution in [0.25, 0.3) is 0 Å². The normalized spacial score (nSPS) is 11.8. The zero-order valence-electron chi connectivity index (χ0n) is 12.4. The zero-order valence-corrected chi connectivity index (χ0v) is 13.2. The number of rotatable bonds is 4. The van der Waals surface area contributed by atoms with Crippen LogP contribution >= 0.6 is 0 Å². The third-order valence-corrected chi connectivity index (χ3v) is 5.30.